The van der Waals surface area contributed by atoms with Crippen LogP contribution in [0.1, 0.15) is 32.6 Å². The molecule has 0 aromatic carbocycles. The van der Waals surface area contributed by atoms with E-state index in [-0.39, 0.29) is 5.78 Å². The van der Waals surface area contributed by atoms with Crippen molar-refractivity contribution in [1.82, 2.24) is 0 Å². The first-order valence-electron chi connectivity index (χ1n) is 4.51. The van der Waals surface area contributed by atoms with Crippen LogP contribution in [0, 0.1) is 11.8 Å². The number of rotatable bonds is 1. The Morgan fingerprint density at radius 2 is 1.91 bits per heavy atom. The van der Waals surface area contributed by atoms with E-state index in [9.17, 15) is 4.79 Å². The fourth-order valence-electron chi connectivity index (χ4n) is 2.32. The lowest BCUT2D eigenvalue weighted by Crippen LogP contribution is -1.91. The Kier molecular flexibility index (Phi) is 1.59. The van der Waals surface area contributed by atoms with Crippen LogP contribution >= 0.6 is 0 Å². The zero-order valence-electron chi connectivity index (χ0n) is 6.97. The van der Waals surface area contributed by atoms with Gasteiger partial charge >= 0.3 is 0 Å². The average Bonchev–Trinajstić information content (AvgIpc) is 2.64. The number of ketones is 1. The Morgan fingerprint density at radius 1 is 1.36 bits per heavy atom. The molecule has 0 amide bonds. The van der Waals surface area contributed by atoms with Crippen molar-refractivity contribution in [3.05, 3.63) is 11.6 Å². The van der Waals surface area contributed by atoms with E-state index in [1.807, 2.05) is 6.08 Å². The molecule has 2 rings (SSSR count). The molecule has 0 spiro atoms. The van der Waals surface area contributed by atoms with E-state index in [0.717, 1.165) is 11.8 Å². The highest BCUT2D eigenvalue weighted by atomic mass is 16.1. The molecule has 2 aliphatic carbocycles. The van der Waals surface area contributed by atoms with Crippen molar-refractivity contribution in [3.8, 4) is 0 Å². The highest BCUT2D eigenvalue weighted by molar-refractivity contribution is 5.88. The summed E-state index contributed by atoms with van der Waals surface area (Å²) in [4.78, 5) is 10.8. The van der Waals surface area contributed by atoms with Crippen molar-refractivity contribution in [2.75, 3.05) is 0 Å². The van der Waals surface area contributed by atoms with E-state index in [2.05, 4.69) is 0 Å². The number of carbonyl (C=O) groups excluding carboxylic acids is 1. The van der Waals surface area contributed by atoms with E-state index in [1.165, 1.54) is 31.3 Å². The van der Waals surface area contributed by atoms with E-state index in [4.69, 9.17) is 0 Å². The van der Waals surface area contributed by atoms with Gasteiger partial charge in [-0.2, -0.15) is 0 Å². The molecule has 60 valence electrons. The highest BCUT2D eigenvalue weighted by Gasteiger charge is 2.44. The smallest absolute Gasteiger partial charge is 0.152 e. The van der Waals surface area contributed by atoms with Gasteiger partial charge in [-0.1, -0.05) is 18.4 Å². The summed E-state index contributed by atoms with van der Waals surface area (Å²) in [6.45, 7) is 1.65. The lowest BCUT2D eigenvalue weighted by atomic mass is 10.0. The summed E-state index contributed by atoms with van der Waals surface area (Å²) in [5, 5.41) is 0. The predicted octanol–water partition coefficient (Wildman–Crippen LogP) is 2.32. The predicted molar refractivity (Wildman–Crippen MR) is 44.2 cm³/mol. The summed E-state index contributed by atoms with van der Waals surface area (Å²) < 4.78 is 0. The Balaban J connectivity index is 2.05. The van der Waals surface area contributed by atoms with Gasteiger partial charge in [0.1, 0.15) is 0 Å². The van der Waals surface area contributed by atoms with Gasteiger partial charge in [-0.05, 0) is 37.7 Å². The second-order valence-corrected chi connectivity index (χ2v) is 3.75. The van der Waals surface area contributed by atoms with Gasteiger partial charge in [0.25, 0.3) is 0 Å². The summed E-state index contributed by atoms with van der Waals surface area (Å²) in [5.41, 5.74) is 1.45. The highest BCUT2D eigenvalue weighted by Crippen LogP contribution is 2.54. The van der Waals surface area contributed by atoms with Crippen molar-refractivity contribution in [2.45, 2.75) is 32.6 Å². The first-order valence-corrected chi connectivity index (χ1v) is 4.51. The second kappa shape index (κ2) is 2.47. The molecule has 0 aromatic rings. The molecule has 0 unspecified atom stereocenters. The minimum Gasteiger partial charge on any atom is -0.295 e. The van der Waals surface area contributed by atoms with Crippen LogP contribution in [0.15, 0.2) is 11.6 Å². The lowest BCUT2D eigenvalue weighted by molar-refractivity contribution is -0.112. The topological polar surface area (TPSA) is 17.1 Å². The minimum absolute atomic E-state index is 0.231. The number of fused-ring (bicyclic) bond motifs is 1. The second-order valence-electron chi connectivity index (χ2n) is 3.75. The van der Waals surface area contributed by atoms with Crippen LogP contribution in [-0.4, -0.2) is 5.78 Å². The quantitative estimate of drug-likeness (QED) is 0.524. The van der Waals surface area contributed by atoms with E-state index in [1.54, 1.807) is 6.92 Å². The third-order valence-corrected chi connectivity index (χ3v) is 2.88. The van der Waals surface area contributed by atoms with Crippen LogP contribution in [0.5, 0.6) is 0 Å². The van der Waals surface area contributed by atoms with Crippen molar-refractivity contribution < 1.29 is 4.79 Å². The van der Waals surface area contributed by atoms with Crippen LogP contribution in [-0.2, 0) is 4.79 Å². The SMILES string of the molecule is CC(=O)C=C1[C@H]2CCCC[C@@H]12. The van der Waals surface area contributed by atoms with Crippen molar-refractivity contribution in [3.63, 3.8) is 0 Å². The fraction of sp³-hybridized carbons (Fsp3) is 0.700. The maximum absolute atomic E-state index is 10.8. The molecule has 1 nitrogen and oxygen atoms in total. The average molecular weight is 150 g/mol. The summed E-state index contributed by atoms with van der Waals surface area (Å²) >= 11 is 0. The van der Waals surface area contributed by atoms with Crippen molar-refractivity contribution in [2.24, 2.45) is 11.8 Å². The number of hydrogen-bond donors (Lipinski definition) is 0. The number of allylic oxidation sites excluding steroid dienone is 2. The van der Waals surface area contributed by atoms with Gasteiger partial charge in [0.05, 0.1) is 0 Å². The zero-order chi connectivity index (χ0) is 7.84. The third kappa shape index (κ3) is 1.24. The van der Waals surface area contributed by atoms with Crippen LogP contribution in [0.4, 0.5) is 0 Å². The Hall–Kier alpha value is -0.590. The molecule has 2 aliphatic rings. The van der Waals surface area contributed by atoms with Crippen molar-refractivity contribution in [1.29, 1.82) is 0 Å². The number of carbonyl (C=O) groups is 1. The Morgan fingerprint density at radius 3 is 2.36 bits per heavy atom. The molecule has 0 bridgehead atoms. The van der Waals surface area contributed by atoms with Crippen LogP contribution < -0.4 is 0 Å². The summed E-state index contributed by atoms with van der Waals surface area (Å²) in [5.74, 6) is 1.86. The molecule has 2 saturated carbocycles. The molecule has 0 aliphatic heterocycles. The van der Waals surface area contributed by atoms with Gasteiger partial charge in [-0.3, -0.25) is 4.79 Å². The van der Waals surface area contributed by atoms with E-state index in [0.29, 0.717) is 0 Å². The molecule has 0 N–H and O–H groups in total. The minimum atomic E-state index is 0.231. The van der Waals surface area contributed by atoms with Gasteiger partial charge in [0, 0.05) is 0 Å². The maximum Gasteiger partial charge on any atom is 0.152 e. The summed E-state index contributed by atoms with van der Waals surface area (Å²) in [6, 6.07) is 0. The van der Waals surface area contributed by atoms with Crippen LogP contribution in [0.2, 0.25) is 0 Å². The summed E-state index contributed by atoms with van der Waals surface area (Å²) in [7, 11) is 0. The maximum atomic E-state index is 10.8. The largest absolute Gasteiger partial charge is 0.295 e. The molecular formula is C10H14O. The molecule has 2 atom stereocenters. The first-order chi connectivity index (χ1) is 5.29. The standard InChI is InChI=1S/C10H14O/c1-7(11)6-10-8-4-2-3-5-9(8)10/h6,8-9H,2-5H2,1H3/t8-,9+. The first kappa shape index (κ1) is 7.08. The Bertz CT molecular complexity index is 201. The Labute approximate surface area is 67.5 Å². The van der Waals surface area contributed by atoms with Gasteiger partial charge < -0.3 is 0 Å². The fourth-order valence-corrected chi connectivity index (χ4v) is 2.32. The van der Waals surface area contributed by atoms with E-state index >= 15 is 0 Å². The van der Waals surface area contributed by atoms with Crippen LogP contribution in [0.25, 0.3) is 0 Å². The molecule has 0 saturated heterocycles. The molecular weight excluding hydrogens is 136 g/mol. The summed E-state index contributed by atoms with van der Waals surface area (Å²) in [6.07, 6.45) is 7.28. The van der Waals surface area contributed by atoms with Gasteiger partial charge in [-0.15, -0.1) is 0 Å². The van der Waals surface area contributed by atoms with Crippen molar-refractivity contribution >= 4 is 5.78 Å². The van der Waals surface area contributed by atoms with Gasteiger partial charge in [-0.25, -0.2) is 0 Å². The molecule has 11 heavy (non-hydrogen) atoms. The zero-order valence-corrected chi connectivity index (χ0v) is 6.97. The monoisotopic (exact) mass is 150 g/mol. The normalized spacial score (nSPS) is 38.5. The molecule has 1 heteroatoms. The number of hydrogen-bond acceptors (Lipinski definition) is 1. The molecule has 2 fully saturated rings. The molecule has 0 radical (unpaired) electrons. The molecule has 0 aromatic heterocycles. The van der Waals surface area contributed by atoms with Gasteiger partial charge in [0.2, 0.25) is 0 Å². The lowest BCUT2D eigenvalue weighted by Gasteiger charge is -2.04. The van der Waals surface area contributed by atoms with E-state index < -0.39 is 0 Å². The molecule has 0 heterocycles. The van der Waals surface area contributed by atoms with Gasteiger partial charge in [0.15, 0.2) is 5.78 Å². The van der Waals surface area contributed by atoms with Crippen LogP contribution in [0.3, 0.4) is 0 Å². The third-order valence-electron chi connectivity index (χ3n) is 2.88.